The SMILES string of the molecule is CCc1ncsc1NC(=O)C(C)C. The minimum atomic E-state index is 0.0202. The number of carbonyl (C=O) groups excluding carboxylic acids is 1. The van der Waals surface area contributed by atoms with E-state index >= 15 is 0 Å². The first-order valence-corrected chi connectivity index (χ1v) is 5.26. The van der Waals surface area contributed by atoms with Crippen LogP contribution in [0.25, 0.3) is 0 Å². The first-order valence-electron chi connectivity index (χ1n) is 4.38. The Morgan fingerprint density at radius 1 is 1.69 bits per heavy atom. The van der Waals surface area contributed by atoms with Gasteiger partial charge in [0.25, 0.3) is 0 Å². The lowest BCUT2D eigenvalue weighted by molar-refractivity contribution is -0.118. The molecule has 1 rings (SSSR count). The number of anilines is 1. The molecule has 0 aliphatic heterocycles. The fraction of sp³-hybridized carbons (Fsp3) is 0.556. The lowest BCUT2D eigenvalue weighted by atomic mass is 10.2. The van der Waals surface area contributed by atoms with Gasteiger partial charge in [0.05, 0.1) is 11.2 Å². The van der Waals surface area contributed by atoms with Gasteiger partial charge in [0.1, 0.15) is 5.00 Å². The number of carbonyl (C=O) groups is 1. The number of nitrogens with zero attached hydrogens (tertiary/aromatic N) is 1. The van der Waals surface area contributed by atoms with Crippen LogP contribution >= 0.6 is 11.3 Å². The van der Waals surface area contributed by atoms with Crippen LogP contribution < -0.4 is 5.32 Å². The van der Waals surface area contributed by atoms with E-state index in [1.54, 1.807) is 5.51 Å². The third-order valence-corrected chi connectivity index (χ3v) is 2.52. The van der Waals surface area contributed by atoms with Crippen LogP contribution in [0.2, 0.25) is 0 Å². The number of aryl methyl sites for hydroxylation is 1. The molecule has 0 bridgehead atoms. The van der Waals surface area contributed by atoms with Crippen LogP contribution in [0, 0.1) is 5.92 Å². The second kappa shape index (κ2) is 4.37. The van der Waals surface area contributed by atoms with E-state index in [9.17, 15) is 4.79 Å². The van der Waals surface area contributed by atoms with Gasteiger partial charge in [-0.15, -0.1) is 11.3 Å². The fourth-order valence-corrected chi connectivity index (χ4v) is 1.66. The molecule has 0 fully saturated rings. The Balaban J connectivity index is 2.68. The first kappa shape index (κ1) is 10.2. The van der Waals surface area contributed by atoms with Crippen LogP contribution in [0.3, 0.4) is 0 Å². The number of rotatable bonds is 3. The molecule has 0 radical (unpaired) electrons. The quantitative estimate of drug-likeness (QED) is 0.809. The molecular formula is C9H14N2OS. The Bertz CT molecular complexity index is 294. The topological polar surface area (TPSA) is 42.0 Å². The predicted octanol–water partition coefficient (Wildman–Crippen LogP) is 2.30. The Hall–Kier alpha value is -0.900. The summed E-state index contributed by atoms with van der Waals surface area (Å²) in [6.45, 7) is 5.78. The molecule has 0 spiro atoms. The minimum absolute atomic E-state index is 0.0202. The van der Waals surface area contributed by atoms with Crippen molar-refractivity contribution in [2.45, 2.75) is 27.2 Å². The largest absolute Gasteiger partial charge is 0.316 e. The van der Waals surface area contributed by atoms with Crippen LogP contribution in [0.5, 0.6) is 0 Å². The molecule has 3 nitrogen and oxygen atoms in total. The van der Waals surface area contributed by atoms with Crippen LogP contribution in [-0.2, 0) is 11.2 Å². The standard InChI is InChI=1S/C9H14N2OS/c1-4-7-9(13-5-10-7)11-8(12)6(2)3/h5-6H,4H2,1-3H3,(H,11,12). The van der Waals surface area contributed by atoms with Crippen LogP contribution in [0.15, 0.2) is 5.51 Å². The van der Waals surface area contributed by atoms with Crippen molar-refractivity contribution in [3.05, 3.63) is 11.2 Å². The molecule has 0 atom stereocenters. The van der Waals surface area contributed by atoms with Crippen LogP contribution in [-0.4, -0.2) is 10.9 Å². The fourth-order valence-electron chi connectivity index (χ4n) is 0.879. The van der Waals surface area contributed by atoms with E-state index in [4.69, 9.17) is 0 Å². The number of hydrogen-bond donors (Lipinski definition) is 1. The monoisotopic (exact) mass is 198 g/mol. The van der Waals surface area contributed by atoms with Crippen molar-refractivity contribution in [3.8, 4) is 0 Å². The van der Waals surface area contributed by atoms with E-state index in [1.807, 2.05) is 20.8 Å². The average Bonchev–Trinajstić information content (AvgIpc) is 2.51. The zero-order valence-corrected chi connectivity index (χ0v) is 8.94. The van der Waals surface area contributed by atoms with Gasteiger partial charge in [0, 0.05) is 5.92 Å². The highest BCUT2D eigenvalue weighted by molar-refractivity contribution is 7.14. The lowest BCUT2D eigenvalue weighted by Gasteiger charge is -2.05. The van der Waals surface area contributed by atoms with Crippen molar-refractivity contribution in [1.82, 2.24) is 4.98 Å². The molecule has 0 unspecified atom stereocenters. The maximum Gasteiger partial charge on any atom is 0.227 e. The molecule has 4 heteroatoms. The Morgan fingerprint density at radius 3 is 2.92 bits per heavy atom. The maximum atomic E-state index is 11.3. The summed E-state index contributed by atoms with van der Waals surface area (Å²) in [5, 5.41) is 3.75. The molecule has 1 amide bonds. The predicted molar refractivity (Wildman–Crippen MR) is 55.0 cm³/mol. The number of thiazole rings is 1. The van der Waals surface area contributed by atoms with Gasteiger partial charge in [-0.2, -0.15) is 0 Å². The number of amides is 1. The number of aromatic nitrogens is 1. The average molecular weight is 198 g/mol. The van der Waals surface area contributed by atoms with Crippen molar-refractivity contribution < 1.29 is 4.79 Å². The van der Waals surface area contributed by atoms with Crippen molar-refractivity contribution in [1.29, 1.82) is 0 Å². The van der Waals surface area contributed by atoms with Crippen molar-refractivity contribution in [2.75, 3.05) is 5.32 Å². The summed E-state index contributed by atoms with van der Waals surface area (Å²) in [5.41, 5.74) is 2.73. The molecule has 1 heterocycles. The van der Waals surface area contributed by atoms with Gasteiger partial charge >= 0.3 is 0 Å². The van der Waals surface area contributed by atoms with Gasteiger partial charge in [-0.05, 0) is 6.42 Å². The van der Waals surface area contributed by atoms with Crippen molar-refractivity contribution in [2.24, 2.45) is 5.92 Å². The molecule has 0 aliphatic rings. The second-order valence-corrected chi connectivity index (χ2v) is 3.98. The molecular weight excluding hydrogens is 184 g/mol. The van der Waals surface area contributed by atoms with E-state index in [2.05, 4.69) is 10.3 Å². The third kappa shape index (κ3) is 2.52. The third-order valence-electron chi connectivity index (χ3n) is 1.74. The molecule has 1 N–H and O–H groups in total. The summed E-state index contributed by atoms with van der Waals surface area (Å²) in [7, 11) is 0. The van der Waals surface area contributed by atoms with Gasteiger partial charge in [0.2, 0.25) is 5.91 Å². The zero-order chi connectivity index (χ0) is 9.84. The van der Waals surface area contributed by atoms with Crippen molar-refractivity contribution >= 4 is 22.2 Å². The molecule has 1 aromatic rings. The van der Waals surface area contributed by atoms with E-state index in [-0.39, 0.29) is 11.8 Å². The Morgan fingerprint density at radius 2 is 2.38 bits per heavy atom. The molecule has 1 aromatic heterocycles. The summed E-state index contributed by atoms with van der Waals surface area (Å²) < 4.78 is 0. The van der Waals surface area contributed by atoms with Crippen LogP contribution in [0.1, 0.15) is 26.5 Å². The molecule has 72 valence electrons. The summed E-state index contributed by atoms with van der Waals surface area (Å²) >= 11 is 1.48. The molecule has 13 heavy (non-hydrogen) atoms. The van der Waals surface area contributed by atoms with Crippen molar-refractivity contribution in [3.63, 3.8) is 0 Å². The number of hydrogen-bond acceptors (Lipinski definition) is 3. The molecule has 0 aliphatic carbocycles. The van der Waals surface area contributed by atoms with E-state index in [0.29, 0.717) is 0 Å². The van der Waals surface area contributed by atoms with E-state index in [0.717, 1.165) is 17.1 Å². The van der Waals surface area contributed by atoms with Gasteiger partial charge in [0.15, 0.2) is 0 Å². The van der Waals surface area contributed by atoms with E-state index < -0.39 is 0 Å². The summed E-state index contributed by atoms with van der Waals surface area (Å²) in [5.74, 6) is 0.0748. The lowest BCUT2D eigenvalue weighted by Crippen LogP contribution is -2.17. The van der Waals surface area contributed by atoms with Crippen LogP contribution in [0.4, 0.5) is 5.00 Å². The Kier molecular flexibility index (Phi) is 3.42. The molecule has 0 saturated heterocycles. The van der Waals surface area contributed by atoms with Gasteiger partial charge in [-0.3, -0.25) is 4.79 Å². The smallest absolute Gasteiger partial charge is 0.227 e. The number of nitrogens with one attached hydrogen (secondary N) is 1. The highest BCUT2D eigenvalue weighted by atomic mass is 32.1. The second-order valence-electron chi connectivity index (χ2n) is 3.13. The highest BCUT2D eigenvalue weighted by Crippen LogP contribution is 2.20. The normalized spacial score (nSPS) is 10.5. The molecule has 0 aromatic carbocycles. The summed E-state index contributed by atoms with van der Waals surface area (Å²) in [4.78, 5) is 15.5. The maximum absolute atomic E-state index is 11.3. The summed E-state index contributed by atoms with van der Waals surface area (Å²) in [6.07, 6.45) is 0.858. The van der Waals surface area contributed by atoms with Gasteiger partial charge in [-0.1, -0.05) is 20.8 Å². The van der Waals surface area contributed by atoms with Gasteiger partial charge < -0.3 is 5.32 Å². The zero-order valence-electron chi connectivity index (χ0n) is 8.13. The highest BCUT2D eigenvalue weighted by Gasteiger charge is 2.10. The Labute approximate surface area is 82.2 Å². The molecule has 0 saturated carbocycles. The van der Waals surface area contributed by atoms with Gasteiger partial charge in [-0.25, -0.2) is 4.98 Å². The first-order chi connectivity index (χ1) is 6.15. The summed E-state index contributed by atoms with van der Waals surface area (Å²) in [6, 6.07) is 0. The van der Waals surface area contributed by atoms with E-state index in [1.165, 1.54) is 11.3 Å². The minimum Gasteiger partial charge on any atom is -0.316 e.